The lowest BCUT2D eigenvalue weighted by atomic mass is 10.2. The normalized spacial score (nSPS) is 11.2. The number of nitrogens with zero attached hydrogens (tertiary/aromatic N) is 2. The van der Waals surface area contributed by atoms with Gasteiger partial charge in [0.2, 0.25) is 0 Å². The Bertz CT molecular complexity index is 321. The van der Waals surface area contributed by atoms with Gasteiger partial charge in [0.05, 0.1) is 5.69 Å². The molecule has 0 aromatic carbocycles. The summed E-state index contributed by atoms with van der Waals surface area (Å²) in [6.07, 6.45) is 2.21. The van der Waals surface area contributed by atoms with Crippen molar-refractivity contribution in [2.75, 3.05) is 0 Å². The highest BCUT2D eigenvalue weighted by Gasteiger charge is 1.99. The van der Waals surface area contributed by atoms with E-state index in [0.29, 0.717) is 17.0 Å². The van der Waals surface area contributed by atoms with Gasteiger partial charge in [0.25, 0.3) is 0 Å². The Morgan fingerprint density at radius 2 is 2.50 bits per heavy atom. The van der Waals surface area contributed by atoms with Crippen LogP contribution in [0.5, 0.6) is 0 Å². The molecule has 1 aromatic rings. The molecule has 0 saturated heterocycles. The summed E-state index contributed by atoms with van der Waals surface area (Å²) in [5.74, 6) is 0. The molecular weight excluding hydrogens is 156 g/mol. The summed E-state index contributed by atoms with van der Waals surface area (Å²) in [5, 5.41) is 11.4. The minimum atomic E-state index is 0.388. The summed E-state index contributed by atoms with van der Waals surface area (Å²) >= 11 is 0. The van der Waals surface area contributed by atoms with Crippen molar-refractivity contribution in [3.63, 3.8) is 0 Å². The summed E-state index contributed by atoms with van der Waals surface area (Å²) in [7, 11) is 0. The minimum Gasteiger partial charge on any atom is -0.411 e. The SMILES string of the molecule is C/C(=N\O)c1cc(C=O)ccn1. The lowest BCUT2D eigenvalue weighted by Gasteiger charge is -1.96. The van der Waals surface area contributed by atoms with Crippen LogP contribution in [-0.4, -0.2) is 22.2 Å². The first-order valence-corrected chi connectivity index (χ1v) is 3.38. The highest BCUT2D eigenvalue weighted by Crippen LogP contribution is 2.00. The molecule has 1 rings (SSSR count). The summed E-state index contributed by atoms with van der Waals surface area (Å²) < 4.78 is 0. The molecule has 0 fully saturated rings. The van der Waals surface area contributed by atoms with E-state index in [2.05, 4.69) is 10.1 Å². The zero-order valence-corrected chi connectivity index (χ0v) is 6.56. The molecule has 62 valence electrons. The topological polar surface area (TPSA) is 62.6 Å². The Labute approximate surface area is 69.6 Å². The van der Waals surface area contributed by atoms with E-state index < -0.39 is 0 Å². The third-order valence-electron chi connectivity index (χ3n) is 1.44. The monoisotopic (exact) mass is 164 g/mol. The predicted molar refractivity (Wildman–Crippen MR) is 43.6 cm³/mol. The number of pyridine rings is 1. The number of oxime groups is 1. The van der Waals surface area contributed by atoms with Crippen LogP contribution in [0.2, 0.25) is 0 Å². The predicted octanol–water partition coefficient (Wildman–Crippen LogP) is 1.09. The van der Waals surface area contributed by atoms with Gasteiger partial charge in [-0.05, 0) is 19.1 Å². The number of carbonyl (C=O) groups is 1. The Morgan fingerprint density at radius 3 is 3.08 bits per heavy atom. The molecule has 0 spiro atoms. The van der Waals surface area contributed by atoms with Gasteiger partial charge in [0.1, 0.15) is 12.0 Å². The molecule has 4 nitrogen and oxygen atoms in total. The van der Waals surface area contributed by atoms with Crippen molar-refractivity contribution in [2.45, 2.75) is 6.92 Å². The van der Waals surface area contributed by atoms with E-state index >= 15 is 0 Å². The zero-order valence-electron chi connectivity index (χ0n) is 6.56. The fourth-order valence-corrected chi connectivity index (χ4v) is 0.769. The van der Waals surface area contributed by atoms with Crippen molar-refractivity contribution in [3.8, 4) is 0 Å². The molecule has 0 atom stereocenters. The number of aromatic nitrogens is 1. The highest BCUT2D eigenvalue weighted by molar-refractivity contribution is 5.97. The fourth-order valence-electron chi connectivity index (χ4n) is 0.769. The van der Waals surface area contributed by atoms with Crippen LogP contribution in [0.1, 0.15) is 23.0 Å². The smallest absolute Gasteiger partial charge is 0.150 e. The van der Waals surface area contributed by atoms with Gasteiger partial charge >= 0.3 is 0 Å². The quantitative estimate of drug-likeness (QED) is 0.308. The third-order valence-corrected chi connectivity index (χ3v) is 1.44. The second-order valence-corrected chi connectivity index (χ2v) is 2.28. The first-order valence-electron chi connectivity index (χ1n) is 3.38. The lowest BCUT2D eigenvalue weighted by Crippen LogP contribution is -1.98. The standard InChI is InChI=1S/C8H8N2O2/c1-6(10-12)8-4-7(5-11)2-3-9-8/h2-5,12H,1H3/b10-6+. The lowest BCUT2D eigenvalue weighted by molar-refractivity contribution is 0.112. The molecule has 1 aromatic heterocycles. The Hall–Kier alpha value is -1.71. The van der Waals surface area contributed by atoms with Crippen molar-refractivity contribution in [1.29, 1.82) is 0 Å². The Kier molecular flexibility index (Phi) is 2.53. The van der Waals surface area contributed by atoms with Crippen LogP contribution in [0.15, 0.2) is 23.5 Å². The van der Waals surface area contributed by atoms with Crippen LogP contribution in [0.4, 0.5) is 0 Å². The van der Waals surface area contributed by atoms with E-state index in [0.717, 1.165) is 6.29 Å². The van der Waals surface area contributed by atoms with Crippen molar-refractivity contribution < 1.29 is 10.0 Å². The van der Waals surface area contributed by atoms with E-state index in [1.807, 2.05) is 0 Å². The molecule has 0 bridgehead atoms. The fraction of sp³-hybridized carbons (Fsp3) is 0.125. The van der Waals surface area contributed by atoms with Gasteiger partial charge in [0, 0.05) is 11.8 Å². The van der Waals surface area contributed by atoms with E-state index in [1.54, 1.807) is 19.1 Å². The van der Waals surface area contributed by atoms with Crippen LogP contribution < -0.4 is 0 Å². The average molecular weight is 164 g/mol. The molecule has 0 aliphatic carbocycles. The maximum atomic E-state index is 10.3. The summed E-state index contributed by atoms with van der Waals surface area (Å²) in [6.45, 7) is 1.61. The molecular formula is C8H8N2O2. The van der Waals surface area contributed by atoms with Gasteiger partial charge in [-0.15, -0.1) is 0 Å². The molecule has 1 heterocycles. The second kappa shape index (κ2) is 3.61. The Morgan fingerprint density at radius 1 is 1.75 bits per heavy atom. The van der Waals surface area contributed by atoms with Crippen molar-refractivity contribution in [2.24, 2.45) is 5.16 Å². The average Bonchev–Trinajstić information content (AvgIpc) is 2.17. The van der Waals surface area contributed by atoms with Crippen LogP contribution in [-0.2, 0) is 0 Å². The van der Waals surface area contributed by atoms with E-state index in [4.69, 9.17) is 5.21 Å². The maximum absolute atomic E-state index is 10.3. The van der Waals surface area contributed by atoms with Crippen molar-refractivity contribution in [1.82, 2.24) is 4.98 Å². The third kappa shape index (κ3) is 1.66. The second-order valence-electron chi connectivity index (χ2n) is 2.28. The van der Waals surface area contributed by atoms with Crippen LogP contribution in [0, 0.1) is 0 Å². The number of hydrogen-bond acceptors (Lipinski definition) is 4. The van der Waals surface area contributed by atoms with E-state index in [9.17, 15) is 4.79 Å². The van der Waals surface area contributed by atoms with Gasteiger partial charge < -0.3 is 5.21 Å². The minimum absolute atomic E-state index is 0.388. The summed E-state index contributed by atoms with van der Waals surface area (Å²) in [6, 6.07) is 3.14. The first kappa shape index (κ1) is 8.39. The largest absolute Gasteiger partial charge is 0.411 e. The first-order chi connectivity index (χ1) is 5.77. The van der Waals surface area contributed by atoms with E-state index in [-0.39, 0.29) is 0 Å². The van der Waals surface area contributed by atoms with Crippen LogP contribution >= 0.6 is 0 Å². The number of aldehydes is 1. The van der Waals surface area contributed by atoms with Gasteiger partial charge in [-0.1, -0.05) is 5.16 Å². The number of hydrogen-bond donors (Lipinski definition) is 1. The zero-order chi connectivity index (χ0) is 8.97. The molecule has 0 aliphatic heterocycles. The molecule has 1 N–H and O–H groups in total. The van der Waals surface area contributed by atoms with Gasteiger partial charge in [0.15, 0.2) is 0 Å². The van der Waals surface area contributed by atoms with Crippen LogP contribution in [0.25, 0.3) is 0 Å². The maximum Gasteiger partial charge on any atom is 0.150 e. The Balaban J connectivity index is 3.10. The van der Waals surface area contributed by atoms with Gasteiger partial charge in [-0.25, -0.2) is 0 Å². The molecule has 0 amide bonds. The molecule has 12 heavy (non-hydrogen) atoms. The molecule has 0 radical (unpaired) electrons. The van der Waals surface area contributed by atoms with Crippen LogP contribution in [0.3, 0.4) is 0 Å². The molecule has 0 saturated carbocycles. The van der Waals surface area contributed by atoms with Crippen molar-refractivity contribution in [3.05, 3.63) is 29.6 Å². The molecule has 4 heteroatoms. The van der Waals surface area contributed by atoms with Crippen molar-refractivity contribution >= 4 is 12.0 Å². The molecule has 0 aliphatic rings. The van der Waals surface area contributed by atoms with Gasteiger partial charge in [-0.3, -0.25) is 9.78 Å². The number of carbonyl (C=O) groups excluding carboxylic acids is 1. The number of rotatable bonds is 2. The summed E-state index contributed by atoms with van der Waals surface area (Å²) in [4.78, 5) is 14.2. The highest BCUT2D eigenvalue weighted by atomic mass is 16.4. The van der Waals surface area contributed by atoms with E-state index in [1.165, 1.54) is 6.20 Å². The summed E-state index contributed by atoms with van der Waals surface area (Å²) in [5.41, 5.74) is 1.41. The van der Waals surface area contributed by atoms with Gasteiger partial charge in [-0.2, -0.15) is 0 Å². The molecule has 0 unspecified atom stereocenters.